The van der Waals surface area contributed by atoms with Crippen LogP contribution in [-0.2, 0) is 12.0 Å². The lowest BCUT2D eigenvalue weighted by Gasteiger charge is -2.46. The Labute approximate surface area is 217 Å². The molecule has 0 unspecified atom stereocenters. The van der Waals surface area contributed by atoms with Crippen LogP contribution in [0.2, 0.25) is 0 Å². The van der Waals surface area contributed by atoms with Crippen LogP contribution in [0.1, 0.15) is 30.5 Å². The Morgan fingerprint density at radius 2 is 1.68 bits per heavy atom. The number of methoxy groups -OCH3 is 2. The van der Waals surface area contributed by atoms with Gasteiger partial charge in [-0.3, -0.25) is 0 Å². The van der Waals surface area contributed by atoms with Gasteiger partial charge in [0.1, 0.15) is 11.4 Å². The van der Waals surface area contributed by atoms with E-state index >= 15 is 0 Å². The van der Waals surface area contributed by atoms with E-state index in [0.29, 0.717) is 29.5 Å². The number of hydrogen-bond donors (Lipinski definition) is 0. The maximum atomic E-state index is 7.02. The Hall–Kier alpha value is -4.25. The Balaban J connectivity index is 1.56. The van der Waals surface area contributed by atoms with Crippen molar-refractivity contribution in [3.63, 3.8) is 0 Å². The zero-order chi connectivity index (χ0) is 25.8. The molecule has 186 valence electrons. The van der Waals surface area contributed by atoms with Gasteiger partial charge < -0.3 is 19.1 Å². The second-order valence-electron chi connectivity index (χ2n) is 10.1. The van der Waals surface area contributed by atoms with E-state index in [2.05, 4.69) is 86.0 Å². The molecule has 5 heteroatoms. The van der Waals surface area contributed by atoms with Crippen molar-refractivity contribution in [2.24, 2.45) is 4.99 Å². The second-order valence-corrected chi connectivity index (χ2v) is 10.1. The molecule has 1 atom stereocenters. The predicted octanol–water partition coefficient (Wildman–Crippen LogP) is 7.29. The second kappa shape index (κ2) is 8.41. The molecule has 5 nitrogen and oxygen atoms in total. The van der Waals surface area contributed by atoms with Crippen LogP contribution in [0.25, 0.3) is 16.8 Å². The zero-order valence-corrected chi connectivity index (χ0v) is 21.6. The standard InChI is InChI=1S/C32H30N2O3/c1-6-21-11-13-22(14-12-21)19-34-27-16-24-10-8-7-9-23(24)15-26(27)31(2,3)32(34)20-33-30-28(36-5)17-25(35-4)18-29(30)37-32/h6-18,20H,1,19H2,2-5H3/t32-/m1/s1. The van der Waals surface area contributed by atoms with Gasteiger partial charge >= 0.3 is 0 Å². The van der Waals surface area contributed by atoms with E-state index in [4.69, 9.17) is 19.2 Å². The van der Waals surface area contributed by atoms with Crippen molar-refractivity contribution in [3.05, 3.63) is 96.1 Å². The lowest BCUT2D eigenvalue weighted by molar-refractivity contribution is 0.0757. The van der Waals surface area contributed by atoms with E-state index in [1.54, 1.807) is 14.2 Å². The van der Waals surface area contributed by atoms with Gasteiger partial charge in [-0.15, -0.1) is 0 Å². The molecule has 2 heterocycles. The summed E-state index contributed by atoms with van der Waals surface area (Å²) >= 11 is 0. The van der Waals surface area contributed by atoms with Crippen LogP contribution < -0.4 is 19.1 Å². The lowest BCUT2D eigenvalue weighted by Crippen LogP contribution is -2.61. The van der Waals surface area contributed by atoms with E-state index < -0.39 is 11.1 Å². The maximum Gasteiger partial charge on any atom is 0.229 e. The van der Waals surface area contributed by atoms with Crippen LogP contribution in [0.4, 0.5) is 11.4 Å². The fourth-order valence-electron chi connectivity index (χ4n) is 5.60. The fourth-order valence-corrected chi connectivity index (χ4v) is 5.60. The fraction of sp³-hybridized carbons (Fsp3) is 0.219. The van der Waals surface area contributed by atoms with Gasteiger partial charge in [-0.25, -0.2) is 4.99 Å². The normalized spacial score (nSPS) is 18.9. The Morgan fingerprint density at radius 3 is 2.35 bits per heavy atom. The van der Waals surface area contributed by atoms with Gasteiger partial charge in [-0.2, -0.15) is 0 Å². The van der Waals surface area contributed by atoms with E-state index in [9.17, 15) is 0 Å². The van der Waals surface area contributed by atoms with Crippen molar-refractivity contribution < 1.29 is 14.2 Å². The Bertz CT molecular complexity index is 1550. The van der Waals surface area contributed by atoms with Gasteiger partial charge in [0.25, 0.3) is 0 Å². The Kier molecular flexibility index (Phi) is 5.27. The number of aliphatic imine (C=N–C) groups is 1. The molecule has 0 amide bonds. The highest BCUT2D eigenvalue weighted by atomic mass is 16.5. The monoisotopic (exact) mass is 490 g/mol. The van der Waals surface area contributed by atoms with Crippen molar-refractivity contribution in [1.29, 1.82) is 0 Å². The quantitative estimate of drug-likeness (QED) is 0.295. The molecule has 2 aliphatic rings. The number of hydrogen-bond acceptors (Lipinski definition) is 5. The first-order valence-electron chi connectivity index (χ1n) is 12.4. The van der Waals surface area contributed by atoms with E-state index in [-0.39, 0.29) is 0 Å². The summed E-state index contributed by atoms with van der Waals surface area (Å²) in [4.78, 5) is 7.30. The van der Waals surface area contributed by atoms with E-state index in [1.165, 1.54) is 21.9 Å². The zero-order valence-electron chi connectivity index (χ0n) is 21.6. The third-order valence-electron chi connectivity index (χ3n) is 7.78. The predicted molar refractivity (Wildman–Crippen MR) is 151 cm³/mol. The van der Waals surface area contributed by atoms with Crippen LogP contribution in [0.15, 0.2) is 84.4 Å². The average molecular weight is 491 g/mol. The van der Waals surface area contributed by atoms with Crippen molar-refractivity contribution >= 4 is 34.4 Å². The van der Waals surface area contributed by atoms with Gasteiger partial charge in [0.15, 0.2) is 11.5 Å². The summed E-state index contributed by atoms with van der Waals surface area (Å²) < 4.78 is 18.2. The highest BCUT2D eigenvalue weighted by molar-refractivity contribution is 5.95. The molecule has 0 bridgehead atoms. The van der Waals surface area contributed by atoms with Gasteiger partial charge in [-0.1, -0.05) is 61.2 Å². The number of rotatable bonds is 5. The molecule has 0 saturated heterocycles. The van der Waals surface area contributed by atoms with Crippen LogP contribution in [-0.4, -0.2) is 26.2 Å². The third-order valence-corrected chi connectivity index (χ3v) is 7.78. The van der Waals surface area contributed by atoms with Gasteiger partial charge in [0.05, 0.1) is 25.8 Å². The summed E-state index contributed by atoms with van der Waals surface area (Å²) in [5.41, 5.74) is 4.00. The molecule has 4 aromatic carbocycles. The van der Waals surface area contributed by atoms with Crippen LogP contribution in [0, 0.1) is 0 Å². The summed E-state index contributed by atoms with van der Waals surface area (Å²) in [6.45, 7) is 9.00. The molecule has 0 N–H and O–H groups in total. The highest BCUT2D eigenvalue weighted by Crippen LogP contribution is 2.57. The van der Waals surface area contributed by atoms with Crippen LogP contribution in [0.3, 0.4) is 0 Å². The smallest absolute Gasteiger partial charge is 0.229 e. The molecule has 1 spiro atoms. The van der Waals surface area contributed by atoms with Gasteiger partial charge in [-0.05, 0) is 53.4 Å². The third kappa shape index (κ3) is 3.41. The van der Waals surface area contributed by atoms with Crippen molar-refractivity contribution in [3.8, 4) is 17.2 Å². The van der Waals surface area contributed by atoms with Crippen LogP contribution >= 0.6 is 0 Å². The highest BCUT2D eigenvalue weighted by Gasteiger charge is 2.60. The minimum absolute atomic E-state index is 0.426. The molecule has 0 aromatic heterocycles. The van der Waals surface area contributed by atoms with Crippen molar-refractivity contribution in [2.75, 3.05) is 19.1 Å². The molecule has 0 fully saturated rings. The number of nitrogens with zero attached hydrogens (tertiary/aromatic N) is 2. The number of fused-ring (bicyclic) bond motifs is 3. The van der Waals surface area contributed by atoms with E-state index in [1.807, 2.05) is 24.4 Å². The first-order chi connectivity index (χ1) is 17.9. The van der Waals surface area contributed by atoms with Crippen molar-refractivity contribution in [1.82, 2.24) is 0 Å². The maximum absolute atomic E-state index is 7.02. The lowest BCUT2D eigenvalue weighted by atomic mass is 9.77. The molecule has 0 saturated carbocycles. The molecule has 2 aliphatic heterocycles. The van der Waals surface area contributed by atoms with E-state index in [0.717, 1.165) is 11.3 Å². The first kappa shape index (κ1) is 23.2. The summed E-state index contributed by atoms with van der Waals surface area (Å²) in [6, 6.07) is 25.3. The Morgan fingerprint density at radius 1 is 0.946 bits per heavy atom. The van der Waals surface area contributed by atoms with Crippen LogP contribution in [0.5, 0.6) is 17.2 Å². The summed E-state index contributed by atoms with van der Waals surface area (Å²) in [5, 5.41) is 2.40. The number of benzene rings is 4. The molecule has 0 aliphatic carbocycles. The van der Waals surface area contributed by atoms with Gasteiger partial charge in [0.2, 0.25) is 5.72 Å². The number of anilines is 1. The van der Waals surface area contributed by atoms with Crippen molar-refractivity contribution in [2.45, 2.75) is 31.5 Å². The summed E-state index contributed by atoms with van der Waals surface area (Å²) in [5.74, 6) is 1.91. The molecule has 0 radical (unpaired) electrons. The summed E-state index contributed by atoms with van der Waals surface area (Å²) in [7, 11) is 3.28. The first-order valence-corrected chi connectivity index (χ1v) is 12.4. The minimum Gasteiger partial charge on any atom is -0.496 e. The minimum atomic E-state index is -0.867. The number of ether oxygens (including phenoxy) is 3. The molecule has 4 aromatic rings. The average Bonchev–Trinajstić information content (AvgIpc) is 3.09. The largest absolute Gasteiger partial charge is 0.496 e. The topological polar surface area (TPSA) is 43.3 Å². The molecular formula is C32H30N2O3. The molecule has 37 heavy (non-hydrogen) atoms. The summed E-state index contributed by atoms with van der Waals surface area (Å²) in [6.07, 6.45) is 3.81. The molecule has 6 rings (SSSR count). The SMILES string of the molecule is C=Cc1ccc(CN2c3cc4ccccc4cc3C(C)(C)[C@]23C=Nc2c(OC)cc(OC)cc2O3)cc1. The van der Waals surface area contributed by atoms with Gasteiger partial charge in [0, 0.05) is 24.4 Å². The molecular weight excluding hydrogens is 460 g/mol.